The van der Waals surface area contributed by atoms with Crippen molar-refractivity contribution in [2.24, 2.45) is 12.0 Å². The molecule has 3 rings (SSSR count). The zero-order valence-corrected chi connectivity index (χ0v) is 21.6. The Morgan fingerprint density at radius 3 is 2.38 bits per heavy atom. The summed E-state index contributed by atoms with van der Waals surface area (Å²) in [5, 5.41) is 9.55. The largest absolute Gasteiger partial charge is 0.573 e. The Kier molecular flexibility index (Phi) is 9.54. The average Bonchev–Trinajstić information content (AvgIpc) is 2.89. The van der Waals surface area contributed by atoms with Crippen LogP contribution in [0.5, 0.6) is 11.5 Å². The quantitative estimate of drug-likeness (QED) is 0.273. The molecule has 1 N–H and O–H groups in total. The lowest BCUT2D eigenvalue weighted by Crippen LogP contribution is -2.46. The molecule has 0 radical (unpaired) electrons. The van der Waals surface area contributed by atoms with Gasteiger partial charge in [-0.2, -0.15) is 0 Å². The van der Waals surface area contributed by atoms with Crippen LogP contribution in [0.4, 0.5) is 24.7 Å². The van der Waals surface area contributed by atoms with E-state index >= 15 is 0 Å². The van der Waals surface area contributed by atoms with Gasteiger partial charge in [-0.3, -0.25) is 13.9 Å². The fourth-order valence-electron chi connectivity index (χ4n) is 3.79. The van der Waals surface area contributed by atoms with Crippen molar-refractivity contribution in [3.63, 3.8) is 0 Å². The van der Waals surface area contributed by atoms with Crippen molar-refractivity contribution in [2.75, 3.05) is 25.3 Å². The lowest BCUT2D eigenvalue weighted by atomic mass is 10.1. The smallest absolute Gasteiger partial charge is 0.473 e. The van der Waals surface area contributed by atoms with Crippen LogP contribution in [0.2, 0.25) is 0 Å². The molecule has 13 heteroatoms. The van der Waals surface area contributed by atoms with E-state index in [2.05, 4.69) is 16.4 Å². The molecular formula is C26H29F3N4O6. The monoisotopic (exact) mass is 550 g/mol. The van der Waals surface area contributed by atoms with Crippen molar-refractivity contribution in [1.82, 2.24) is 9.13 Å². The van der Waals surface area contributed by atoms with Gasteiger partial charge in [0.05, 0.1) is 19.3 Å². The lowest BCUT2D eigenvalue weighted by molar-refractivity contribution is -0.274. The van der Waals surface area contributed by atoms with Crippen LogP contribution in [0.15, 0.2) is 63.1 Å². The second-order valence-corrected chi connectivity index (χ2v) is 8.61. The average molecular weight is 551 g/mol. The molecule has 0 saturated carbocycles. The molecule has 210 valence electrons. The number of halogens is 3. The van der Waals surface area contributed by atoms with Crippen LogP contribution in [0, 0.1) is 6.92 Å². The summed E-state index contributed by atoms with van der Waals surface area (Å²) in [6.07, 6.45) is -5.71. The summed E-state index contributed by atoms with van der Waals surface area (Å²) >= 11 is 0. The first-order valence-corrected chi connectivity index (χ1v) is 11.7. The molecule has 10 nitrogen and oxygen atoms in total. The zero-order valence-electron chi connectivity index (χ0n) is 21.6. The minimum absolute atomic E-state index is 0.0379. The van der Waals surface area contributed by atoms with E-state index < -0.39 is 36.1 Å². The van der Waals surface area contributed by atoms with E-state index in [1.807, 2.05) is 31.2 Å². The predicted octanol–water partition coefficient (Wildman–Crippen LogP) is 3.14. The number of anilines is 1. The number of hydrogen-bond acceptors (Lipinski definition) is 8. The number of rotatable bonds is 12. The molecule has 39 heavy (non-hydrogen) atoms. The first-order valence-electron chi connectivity index (χ1n) is 11.7. The summed E-state index contributed by atoms with van der Waals surface area (Å²) in [6, 6.07) is 12.4. The van der Waals surface area contributed by atoms with Crippen LogP contribution in [0.1, 0.15) is 11.1 Å². The minimum atomic E-state index is -4.88. The number of methoxy groups -OCH3 is 1. The Balaban J connectivity index is 2.08. The standard InChI is InChI=1S/C26H29F3N4O6/c1-17-8-10-18(11-9-17)13-32(16-38-19-6-5-7-20(12-19)39-26(27,28)29)22-23(30-2)31(3)25(36)33(24(22)35)14-21(15-34)37-4/h5-12,21,34H,2,13-16H2,1,3-4H3. The minimum Gasteiger partial charge on any atom is -0.473 e. The van der Waals surface area contributed by atoms with Crippen molar-refractivity contribution in [2.45, 2.75) is 32.5 Å². The number of aromatic nitrogens is 2. The van der Waals surface area contributed by atoms with Gasteiger partial charge in [-0.1, -0.05) is 35.9 Å². The van der Waals surface area contributed by atoms with Crippen molar-refractivity contribution in [3.05, 3.63) is 80.5 Å². The molecule has 0 bridgehead atoms. The number of aliphatic hydroxyl groups excluding tert-OH is 1. The maximum atomic E-state index is 13.7. The third-order valence-corrected chi connectivity index (χ3v) is 5.80. The Labute approximate surface area is 222 Å². The van der Waals surface area contributed by atoms with Crippen molar-refractivity contribution >= 4 is 18.2 Å². The molecule has 0 saturated heterocycles. The summed E-state index contributed by atoms with van der Waals surface area (Å²) in [6.45, 7) is 4.55. The van der Waals surface area contributed by atoms with Gasteiger partial charge in [0.15, 0.2) is 12.5 Å². The van der Waals surface area contributed by atoms with E-state index in [-0.39, 0.29) is 37.1 Å². The zero-order chi connectivity index (χ0) is 28.7. The molecule has 0 aliphatic heterocycles. The molecule has 1 atom stereocenters. The van der Waals surface area contributed by atoms with Crippen molar-refractivity contribution in [1.29, 1.82) is 0 Å². The first-order chi connectivity index (χ1) is 18.5. The number of aliphatic hydroxyl groups is 1. The van der Waals surface area contributed by atoms with Gasteiger partial charge in [0.1, 0.15) is 17.2 Å². The third-order valence-electron chi connectivity index (χ3n) is 5.80. The lowest BCUT2D eigenvalue weighted by Gasteiger charge is -2.27. The maximum Gasteiger partial charge on any atom is 0.573 e. The number of alkyl halides is 3. The Morgan fingerprint density at radius 1 is 1.13 bits per heavy atom. The summed E-state index contributed by atoms with van der Waals surface area (Å²) in [4.78, 5) is 32.1. The van der Waals surface area contributed by atoms with E-state index in [1.165, 1.54) is 31.2 Å². The topological polar surface area (TPSA) is 108 Å². The highest BCUT2D eigenvalue weighted by Crippen LogP contribution is 2.28. The number of aliphatic imine (C=N–C) groups is 1. The van der Waals surface area contributed by atoms with Crippen LogP contribution in [-0.4, -0.2) is 53.9 Å². The van der Waals surface area contributed by atoms with Gasteiger partial charge in [-0.15, -0.1) is 13.2 Å². The molecule has 0 fully saturated rings. The van der Waals surface area contributed by atoms with Gasteiger partial charge in [0.25, 0.3) is 5.56 Å². The van der Waals surface area contributed by atoms with E-state index in [9.17, 15) is 27.9 Å². The van der Waals surface area contributed by atoms with Gasteiger partial charge < -0.3 is 24.2 Å². The maximum absolute atomic E-state index is 13.7. The first kappa shape index (κ1) is 29.5. The summed E-state index contributed by atoms with van der Waals surface area (Å²) in [7, 11) is 2.75. The van der Waals surface area contributed by atoms with Gasteiger partial charge >= 0.3 is 12.1 Å². The second-order valence-electron chi connectivity index (χ2n) is 8.61. The van der Waals surface area contributed by atoms with Crippen molar-refractivity contribution in [3.8, 4) is 11.5 Å². The molecule has 1 heterocycles. The fourth-order valence-corrected chi connectivity index (χ4v) is 3.79. The van der Waals surface area contributed by atoms with Crippen molar-refractivity contribution < 1.29 is 32.5 Å². The van der Waals surface area contributed by atoms with Crippen LogP contribution in [-0.2, 0) is 24.9 Å². The van der Waals surface area contributed by atoms with Gasteiger partial charge in [0, 0.05) is 26.8 Å². The molecule has 0 aliphatic rings. The van der Waals surface area contributed by atoms with Gasteiger partial charge in [-0.25, -0.2) is 9.79 Å². The molecule has 0 spiro atoms. The highest BCUT2D eigenvalue weighted by atomic mass is 19.4. The van der Waals surface area contributed by atoms with E-state index in [4.69, 9.17) is 9.47 Å². The number of nitrogens with zero attached hydrogens (tertiary/aromatic N) is 4. The highest BCUT2D eigenvalue weighted by Gasteiger charge is 2.31. The molecule has 0 aliphatic carbocycles. The number of hydrogen-bond donors (Lipinski definition) is 1. The molecule has 2 aromatic carbocycles. The van der Waals surface area contributed by atoms with Crippen LogP contribution in [0.3, 0.4) is 0 Å². The normalized spacial score (nSPS) is 12.2. The van der Waals surface area contributed by atoms with E-state index in [1.54, 1.807) is 0 Å². The fraction of sp³-hybridized carbons (Fsp3) is 0.346. The Hall–Kier alpha value is -4.10. The van der Waals surface area contributed by atoms with Gasteiger partial charge in [0.2, 0.25) is 0 Å². The molecular weight excluding hydrogens is 521 g/mol. The summed E-state index contributed by atoms with van der Waals surface area (Å²) in [5.41, 5.74) is 0.313. The molecule has 1 unspecified atom stereocenters. The Bertz CT molecular complexity index is 1400. The van der Waals surface area contributed by atoms with E-state index in [0.29, 0.717) is 0 Å². The highest BCUT2D eigenvalue weighted by molar-refractivity contribution is 5.64. The van der Waals surface area contributed by atoms with E-state index in [0.717, 1.165) is 32.4 Å². The van der Waals surface area contributed by atoms with Gasteiger partial charge in [-0.05, 0) is 31.3 Å². The molecule has 1 aromatic heterocycles. The number of benzene rings is 2. The second kappa shape index (κ2) is 12.6. The van der Waals surface area contributed by atoms with Crippen LogP contribution in [0.25, 0.3) is 0 Å². The molecule has 3 aromatic rings. The van der Waals surface area contributed by atoms with Crippen LogP contribution >= 0.6 is 0 Å². The predicted molar refractivity (Wildman–Crippen MR) is 139 cm³/mol. The van der Waals surface area contributed by atoms with Crippen LogP contribution < -0.4 is 25.6 Å². The SMILES string of the molecule is C=Nc1c(N(COc2cccc(OC(F)(F)F)c2)Cc2ccc(C)cc2)c(=O)n(CC(CO)OC)c(=O)n1C. The summed E-state index contributed by atoms with van der Waals surface area (Å²) in [5.74, 6) is -0.467. The number of aryl methyl sites for hydroxylation is 1. The Morgan fingerprint density at radius 2 is 1.79 bits per heavy atom. The molecule has 0 amide bonds. The number of ether oxygens (including phenoxy) is 3. The summed E-state index contributed by atoms with van der Waals surface area (Å²) < 4.78 is 55.0. The third kappa shape index (κ3) is 7.48.